The van der Waals surface area contributed by atoms with E-state index >= 15 is 4.39 Å². The summed E-state index contributed by atoms with van der Waals surface area (Å²) in [5, 5.41) is 12.4. The number of halogens is 1. The fourth-order valence-electron chi connectivity index (χ4n) is 2.90. The third-order valence-corrected chi connectivity index (χ3v) is 8.68. The summed E-state index contributed by atoms with van der Waals surface area (Å²) in [6, 6.07) is 12.5. The molecule has 0 saturated carbocycles. The molecule has 0 fully saturated rings. The Balaban J connectivity index is 1.80. The summed E-state index contributed by atoms with van der Waals surface area (Å²) in [6.45, 7) is 0.596. The number of rotatable bonds is 11. The van der Waals surface area contributed by atoms with E-state index in [1.54, 1.807) is 29.1 Å². The highest BCUT2D eigenvalue weighted by Crippen LogP contribution is 2.43. The SMILES string of the molecule is C[N+](C)=CNCCOc1ccc2sc(S(=O)(=O)NCP(=O)(O)Oc3ccccc3)c(F)c2c1C#N. The highest BCUT2D eigenvalue weighted by Gasteiger charge is 2.30. The van der Waals surface area contributed by atoms with Crippen molar-refractivity contribution in [3.05, 3.63) is 53.8 Å². The molecule has 35 heavy (non-hydrogen) atoms. The zero-order valence-electron chi connectivity index (χ0n) is 18.8. The van der Waals surface area contributed by atoms with Crippen molar-refractivity contribution < 1.29 is 36.1 Å². The van der Waals surface area contributed by atoms with Crippen LogP contribution in [0.15, 0.2) is 46.7 Å². The first-order valence-corrected chi connectivity index (χ1v) is 14.2. The molecule has 0 aliphatic carbocycles. The molecule has 1 atom stereocenters. The molecule has 10 nitrogen and oxygen atoms in total. The van der Waals surface area contributed by atoms with Gasteiger partial charge in [-0.3, -0.25) is 9.89 Å². The lowest BCUT2D eigenvalue weighted by Gasteiger charge is -2.13. The van der Waals surface area contributed by atoms with E-state index in [1.807, 2.05) is 24.9 Å². The second-order valence-corrected chi connectivity index (χ2v) is 12.2. The van der Waals surface area contributed by atoms with Gasteiger partial charge in [-0.2, -0.15) is 9.98 Å². The van der Waals surface area contributed by atoms with E-state index in [2.05, 4.69) is 5.32 Å². The van der Waals surface area contributed by atoms with Crippen LogP contribution in [0.2, 0.25) is 0 Å². The van der Waals surface area contributed by atoms with Crippen molar-refractivity contribution in [3.63, 3.8) is 0 Å². The minimum absolute atomic E-state index is 0.0755. The van der Waals surface area contributed by atoms with Gasteiger partial charge in [0.05, 0.1) is 19.5 Å². The van der Waals surface area contributed by atoms with E-state index in [1.165, 1.54) is 24.3 Å². The van der Waals surface area contributed by atoms with Gasteiger partial charge >= 0.3 is 7.60 Å². The molecular weight excluding hydrogens is 518 g/mol. The average Bonchev–Trinajstić information content (AvgIpc) is 3.15. The summed E-state index contributed by atoms with van der Waals surface area (Å²) < 4.78 is 66.8. The molecule has 0 aliphatic rings. The second kappa shape index (κ2) is 11.2. The minimum Gasteiger partial charge on any atom is -0.488 e. The zero-order chi connectivity index (χ0) is 25.6. The van der Waals surface area contributed by atoms with Crippen molar-refractivity contribution in [1.29, 1.82) is 5.26 Å². The summed E-state index contributed by atoms with van der Waals surface area (Å²) in [7, 11) is -5.28. The number of nitrogens with zero attached hydrogens (tertiary/aromatic N) is 2. The van der Waals surface area contributed by atoms with Gasteiger partial charge in [0.15, 0.2) is 10.0 Å². The maximum absolute atomic E-state index is 15.2. The average molecular weight is 542 g/mol. The van der Waals surface area contributed by atoms with E-state index in [-0.39, 0.29) is 33.8 Å². The Kier molecular flexibility index (Phi) is 8.47. The normalized spacial score (nSPS) is 13.0. The Labute approximate surface area is 205 Å². The van der Waals surface area contributed by atoms with Gasteiger partial charge in [0, 0.05) is 4.70 Å². The van der Waals surface area contributed by atoms with Crippen LogP contribution >= 0.6 is 18.9 Å². The number of nitrogens with one attached hydrogen (secondary N) is 2. The van der Waals surface area contributed by atoms with Crippen LogP contribution in [0.4, 0.5) is 4.39 Å². The molecule has 0 aliphatic heterocycles. The largest absolute Gasteiger partial charge is 0.488 e. The predicted octanol–water partition coefficient (Wildman–Crippen LogP) is 2.68. The Morgan fingerprint density at radius 3 is 2.63 bits per heavy atom. The minimum atomic E-state index is -4.54. The number of nitriles is 1. The molecule has 0 spiro atoms. The van der Waals surface area contributed by atoms with Gasteiger partial charge in [-0.15, -0.1) is 11.3 Å². The molecule has 0 saturated heterocycles. The van der Waals surface area contributed by atoms with Gasteiger partial charge in [-0.05, 0) is 24.3 Å². The number of para-hydroxylation sites is 1. The molecule has 2 aromatic carbocycles. The zero-order valence-corrected chi connectivity index (χ0v) is 21.3. The summed E-state index contributed by atoms with van der Waals surface area (Å²) in [4.78, 5) is 10.0. The fourth-order valence-corrected chi connectivity index (χ4v) is 6.92. The van der Waals surface area contributed by atoms with Gasteiger partial charge < -0.3 is 14.2 Å². The first kappa shape index (κ1) is 26.6. The second-order valence-electron chi connectivity index (χ2n) is 7.37. The van der Waals surface area contributed by atoms with Crippen LogP contribution in [0.5, 0.6) is 11.5 Å². The standard InChI is InChI=1S/C21H22FN4O6PS2/c1-26(2)13-24-10-11-31-17-8-9-18-19(16(17)12-23)20(22)21(34-18)35(29,30)25-14-33(27,28)32-15-6-4-3-5-7-15/h3-9,13,25H,10-11,14H2,1-2H3,(H,27,28)/p+1. The first-order chi connectivity index (χ1) is 16.5. The molecule has 14 heteroatoms. The maximum atomic E-state index is 15.2. The van der Waals surface area contributed by atoms with Crippen LogP contribution in [0, 0.1) is 17.1 Å². The number of hydrogen-bond donors (Lipinski definition) is 3. The van der Waals surface area contributed by atoms with Crippen LogP contribution in [-0.2, 0) is 14.6 Å². The number of thiophene rings is 1. The molecule has 3 N–H and O–H groups in total. The van der Waals surface area contributed by atoms with Crippen molar-refractivity contribution in [2.24, 2.45) is 0 Å². The quantitative estimate of drug-likeness (QED) is 0.111. The van der Waals surface area contributed by atoms with Crippen molar-refractivity contribution in [3.8, 4) is 17.6 Å². The predicted molar refractivity (Wildman–Crippen MR) is 130 cm³/mol. The maximum Gasteiger partial charge on any atom is 0.391 e. The lowest BCUT2D eigenvalue weighted by Crippen LogP contribution is -2.25. The molecule has 186 valence electrons. The highest BCUT2D eigenvalue weighted by atomic mass is 32.2. The van der Waals surface area contributed by atoms with Crippen molar-refractivity contribution in [2.75, 3.05) is 33.5 Å². The molecule has 1 aromatic heterocycles. The lowest BCUT2D eigenvalue weighted by molar-refractivity contribution is -0.461. The monoisotopic (exact) mass is 541 g/mol. The Hall–Kier alpha value is -3.01. The van der Waals surface area contributed by atoms with Gasteiger partial charge in [0.25, 0.3) is 10.0 Å². The molecule has 1 unspecified atom stereocenters. The van der Waals surface area contributed by atoms with Gasteiger partial charge in [0.1, 0.15) is 42.6 Å². The van der Waals surface area contributed by atoms with Crippen LogP contribution in [-0.4, -0.2) is 57.8 Å². The summed E-state index contributed by atoms with van der Waals surface area (Å²) in [5.41, 5.74) is -0.144. The number of benzene rings is 2. The first-order valence-electron chi connectivity index (χ1n) is 10.1. The van der Waals surface area contributed by atoms with E-state index in [4.69, 9.17) is 9.26 Å². The van der Waals surface area contributed by atoms with E-state index in [0.29, 0.717) is 17.9 Å². The number of fused-ring (bicyclic) bond motifs is 1. The molecular formula is C21H23FN4O6PS2+. The third-order valence-electron chi connectivity index (χ3n) is 4.39. The van der Waals surface area contributed by atoms with E-state index in [0.717, 1.165) is 0 Å². The van der Waals surface area contributed by atoms with Crippen molar-refractivity contribution >= 4 is 45.4 Å². The third kappa shape index (κ3) is 6.78. The fraction of sp³-hybridized carbons (Fsp3) is 0.238. The summed E-state index contributed by atoms with van der Waals surface area (Å²) >= 11 is 0.592. The van der Waals surface area contributed by atoms with Gasteiger partial charge in [0.2, 0.25) is 6.34 Å². The smallest absolute Gasteiger partial charge is 0.391 e. The molecule has 0 bridgehead atoms. The topological polar surface area (TPSA) is 141 Å². The van der Waals surface area contributed by atoms with Crippen molar-refractivity contribution in [2.45, 2.75) is 4.21 Å². The molecule has 3 rings (SSSR count). The number of hydrogen-bond acceptors (Lipinski definition) is 7. The summed E-state index contributed by atoms with van der Waals surface area (Å²) in [6.07, 6.45) is 0.741. The highest BCUT2D eigenvalue weighted by molar-refractivity contribution is 7.92. The van der Waals surface area contributed by atoms with E-state index < -0.39 is 33.9 Å². The van der Waals surface area contributed by atoms with Crippen LogP contribution in [0.25, 0.3) is 10.1 Å². The Morgan fingerprint density at radius 1 is 1.26 bits per heavy atom. The Morgan fingerprint density at radius 2 is 1.97 bits per heavy atom. The number of sulfonamides is 1. The molecule has 3 aromatic rings. The van der Waals surface area contributed by atoms with Gasteiger partial charge in [-0.1, -0.05) is 18.2 Å². The number of ether oxygens (including phenoxy) is 1. The van der Waals surface area contributed by atoms with E-state index in [9.17, 15) is 23.1 Å². The van der Waals surface area contributed by atoms with Crippen LogP contribution in [0.3, 0.4) is 0 Å². The Bertz CT molecular complexity index is 1430. The van der Waals surface area contributed by atoms with Crippen LogP contribution < -0.4 is 19.3 Å². The van der Waals surface area contributed by atoms with Crippen molar-refractivity contribution in [1.82, 2.24) is 10.0 Å². The summed E-state index contributed by atoms with van der Waals surface area (Å²) in [5.74, 6) is -0.960. The molecule has 0 radical (unpaired) electrons. The van der Waals surface area contributed by atoms with Crippen LogP contribution in [0.1, 0.15) is 5.56 Å². The lowest BCUT2D eigenvalue weighted by atomic mass is 10.1. The van der Waals surface area contributed by atoms with Gasteiger partial charge in [-0.25, -0.2) is 17.4 Å². The molecule has 1 heterocycles. The molecule has 0 amide bonds.